The standard InChI is InChI=1S/C12H16BrIO/c1-12(2,6-7-13)10-8-9(14)4-5-11(10)15-3/h4-5,8H,6-7H2,1-3H3. The molecular formula is C12H16BrIO. The monoisotopic (exact) mass is 382 g/mol. The third kappa shape index (κ3) is 3.34. The Morgan fingerprint density at radius 1 is 1.40 bits per heavy atom. The molecular weight excluding hydrogens is 367 g/mol. The molecule has 0 spiro atoms. The van der Waals surface area contributed by atoms with Crippen molar-refractivity contribution in [2.75, 3.05) is 12.4 Å². The first-order chi connectivity index (χ1) is 7.01. The van der Waals surface area contributed by atoms with E-state index in [1.165, 1.54) is 9.13 Å². The van der Waals surface area contributed by atoms with Crippen LogP contribution in [0.2, 0.25) is 0 Å². The summed E-state index contributed by atoms with van der Waals surface area (Å²) in [6.45, 7) is 4.50. The number of alkyl halides is 1. The maximum atomic E-state index is 5.41. The van der Waals surface area contributed by atoms with Crippen LogP contribution < -0.4 is 4.74 Å². The number of hydrogen-bond donors (Lipinski definition) is 0. The lowest BCUT2D eigenvalue weighted by Gasteiger charge is -2.26. The summed E-state index contributed by atoms with van der Waals surface area (Å²) in [5, 5.41) is 1.01. The third-order valence-corrected chi connectivity index (χ3v) is 3.68. The molecule has 0 fully saturated rings. The van der Waals surface area contributed by atoms with Crippen LogP contribution in [-0.2, 0) is 5.41 Å². The number of rotatable bonds is 4. The average molecular weight is 383 g/mol. The quantitative estimate of drug-likeness (QED) is 0.555. The molecule has 0 radical (unpaired) electrons. The van der Waals surface area contributed by atoms with Crippen LogP contribution in [0.25, 0.3) is 0 Å². The summed E-state index contributed by atoms with van der Waals surface area (Å²) in [6.07, 6.45) is 1.10. The van der Waals surface area contributed by atoms with Gasteiger partial charge in [0.1, 0.15) is 5.75 Å². The first-order valence-electron chi connectivity index (χ1n) is 4.91. The van der Waals surface area contributed by atoms with Gasteiger partial charge < -0.3 is 4.74 Å². The van der Waals surface area contributed by atoms with Crippen molar-refractivity contribution in [3.8, 4) is 5.75 Å². The largest absolute Gasteiger partial charge is 0.496 e. The Hall–Kier alpha value is 0.230. The van der Waals surface area contributed by atoms with Gasteiger partial charge in [0.25, 0.3) is 0 Å². The summed E-state index contributed by atoms with van der Waals surface area (Å²) in [5.41, 5.74) is 1.44. The van der Waals surface area contributed by atoms with Gasteiger partial charge in [0, 0.05) is 14.5 Å². The molecule has 0 unspecified atom stereocenters. The fourth-order valence-electron chi connectivity index (χ4n) is 1.58. The highest BCUT2D eigenvalue weighted by Gasteiger charge is 2.23. The minimum Gasteiger partial charge on any atom is -0.496 e. The minimum absolute atomic E-state index is 0.149. The van der Waals surface area contributed by atoms with Crippen LogP contribution >= 0.6 is 38.5 Å². The Kier molecular flexibility index (Phi) is 4.90. The van der Waals surface area contributed by atoms with Crippen molar-refractivity contribution in [2.45, 2.75) is 25.7 Å². The van der Waals surface area contributed by atoms with Crippen LogP contribution in [0.1, 0.15) is 25.8 Å². The third-order valence-electron chi connectivity index (χ3n) is 2.61. The zero-order valence-electron chi connectivity index (χ0n) is 9.31. The molecule has 0 bridgehead atoms. The van der Waals surface area contributed by atoms with Crippen molar-refractivity contribution >= 4 is 38.5 Å². The van der Waals surface area contributed by atoms with Crippen LogP contribution in [0.15, 0.2) is 18.2 Å². The molecule has 0 aliphatic carbocycles. The Labute approximate surface area is 114 Å². The zero-order valence-corrected chi connectivity index (χ0v) is 13.1. The molecule has 3 heteroatoms. The highest BCUT2D eigenvalue weighted by atomic mass is 127. The summed E-state index contributed by atoms with van der Waals surface area (Å²) in [4.78, 5) is 0. The van der Waals surface area contributed by atoms with Crippen molar-refractivity contribution in [3.05, 3.63) is 27.3 Å². The molecule has 0 amide bonds. The number of benzene rings is 1. The van der Waals surface area contributed by atoms with E-state index in [1.54, 1.807) is 7.11 Å². The maximum Gasteiger partial charge on any atom is 0.122 e. The SMILES string of the molecule is COc1ccc(I)cc1C(C)(C)CCBr. The Balaban J connectivity index is 3.15. The van der Waals surface area contributed by atoms with Gasteiger partial charge in [-0.1, -0.05) is 29.8 Å². The van der Waals surface area contributed by atoms with E-state index in [-0.39, 0.29) is 5.41 Å². The molecule has 0 aliphatic rings. The highest BCUT2D eigenvalue weighted by Crippen LogP contribution is 2.35. The molecule has 0 aliphatic heterocycles. The molecule has 0 N–H and O–H groups in total. The summed E-state index contributed by atoms with van der Waals surface area (Å²) in [7, 11) is 1.73. The van der Waals surface area contributed by atoms with Gasteiger partial charge in [0.05, 0.1) is 7.11 Å². The van der Waals surface area contributed by atoms with Gasteiger partial charge in [-0.3, -0.25) is 0 Å². The van der Waals surface area contributed by atoms with E-state index in [0.717, 1.165) is 17.5 Å². The molecule has 0 saturated heterocycles. The summed E-state index contributed by atoms with van der Waals surface area (Å²) < 4.78 is 6.67. The van der Waals surface area contributed by atoms with E-state index in [4.69, 9.17) is 4.74 Å². The van der Waals surface area contributed by atoms with Crippen molar-refractivity contribution in [2.24, 2.45) is 0 Å². The van der Waals surface area contributed by atoms with Crippen molar-refractivity contribution < 1.29 is 4.74 Å². The van der Waals surface area contributed by atoms with Crippen LogP contribution in [0.3, 0.4) is 0 Å². The number of ether oxygens (including phenoxy) is 1. The van der Waals surface area contributed by atoms with E-state index in [1.807, 2.05) is 6.07 Å². The van der Waals surface area contributed by atoms with E-state index >= 15 is 0 Å². The Bertz CT molecular complexity index is 336. The van der Waals surface area contributed by atoms with Crippen LogP contribution in [0.5, 0.6) is 5.75 Å². The molecule has 0 atom stereocenters. The molecule has 0 heterocycles. The van der Waals surface area contributed by atoms with Gasteiger partial charge in [-0.05, 0) is 52.6 Å². The second-order valence-electron chi connectivity index (χ2n) is 4.17. The fourth-order valence-corrected chi connectivity index (χ4v) is 3.06. The lowest BCUT2D eigenvalue weighted by atomic mass is 9.82. The average Bonchev–Trinajstić information content (AvgIpc) is 2.17. The molecule has 84 valence electrons. The van der Waals surface area contributed by atoms with E-state index in [9.17, 15) is 0 Å². The molecule has 1 nitrogen and oxygen atoms in total. The van der Waals surface area contributed by atoms with Gasteiger partial charge in [-0.2, -0.15) is 0 Å². The van der Waals surface area contributed by atoms with Gasteiger partial charge in [-0.25, -0.2) is 0 Å². The van der Waals surface area contributed by atoms with E-state index in [2.05, 4.69) is 64.5 Å². The lowest BCUT2D eigenvalue weighted by molar-refractivity contribution is 0.390. The second kappa shape index (κ2) is 5.53. The number of hydrogen-bond acceptors (Lipinski definition) is 1. The summed E-state index contributed by atoms with van der Waals surface area (Å²) >= 11 is 5.84. The first kappa shape index (κ1) is 13.3. The van der Waals surface area contributed by atoms with Crippen molar-refractivity contribution in [3.63, 3.8) is 0 Å². The van der Waals surface area contributed by atoms with Gasteiger partial charge >= 0.3 is 0 Å². The molecule has 15 heavy (non-hydrogen) atoms. The van der Waals surface area contributed by atoms with Gasteiger partial charge in [-0.15, -0.1) is 0 Å². The smallest absolute Gasteiger partial charge is 0.122 e. The van der Waals surface area contributed by atoms with Gasteiger partial charge in [0.2, 0.25) is 0 Å². The minimum atomic E-state index is 0.149. The van der Waals surface area contributed by atoms with Gasteiger partial charge in [0.15, 0.2) is 0 Å². The van der Waals surface area contributed by atoms with Crippen LogP contribution in [0.4, 0.5) is 0 Å². The fraction of sp³-hybridized carbons (Fsp3) is 0.500. The lowest BCUT2D eigenvalue weighted by Crippen LogP contribution is -2.19. The second-order valence-corrected chi connectivity index (χ2v) is 6.21. The summed E-state index contributed by atoms with van der Waals surface area (Å²) in [6, 6.07) is 6.34. The predicted octanol–water partition coefficient (Wildman–Crippen LogP) is 4.36. The number of methoxy groups -OCH3 is 1. The van der Waals surface area contributed by atoms with Crippen LogP contribution in [0, 0.1) is 3.57 Å². The summed E-state index contributed by atoms with van der Waals surface area (Å²) in [5.74, 6) is 0.987. The Morgan fingerprint density at radius 2 is 2.07 bits per heavy atom. The maximum absolute atomic E-state index is 5.41. The van der Waals surface area contributed by atoms with Crippen molar-refractivity contribution in [1.82, 2.24) is 0 Å². The topological polar surface area (TPSA) is 9.23 Å². The molecule has 1 aromatic rings. The first-order valence-corrected chi connectivity index (χ1v) is 7.11. The number of halogens is 2. The molecule has 1 aromatic carbocycles. The normalized spacial score (nSPS) is 11.5. The highest BCUT2D eigenvalue weighted by molar-refractivity contribution is 14.1. The van der Waals surface area contributed by atoms with E-state index < -0.39 is 0 Å². The molecule has 0 saturated carbocycles. The molecule has 1 rings (SSSR count). The molecule has 0 aromatic heterocycles. The van der Waals surface area contributed by atoms with Crippen LogP contribution in [-0.4, -0.2) is 12.4 Å². The zero-order chi connectivity index (χ0) is 11.5. The van der Waals surface area contributed by atoms with E-state index in [0.29, 0.717) is 0 Å². The van der Waals surface area contributed by atoms with Crippen molar-refractivity contribution in [1.29, 1.82) is 0 Å². The predicted molar refractivity (Wildman–Crippen MR) is 77.1 cm³/mol. The Morgan fingerprint density at radius 3 is 2.60 bits per heavy atom.